The summed E-state index contributed by atoms with van der Waals surface area (Å²) in [6.07, 6.45) is -1.90. The van der Waals surface area contributed by atoms with Crippen LogP contribution in [-0.4, -0.2) is 37.1 Å². The summed E-state index contributed by atoms with van der Waals surface area (Å²) in [5.74, 6) is 0. The number of benzene rings is 2. The summed E-state index contributed by atoms with van der Waals surface area (Å²) >= 11 is 0. The van der Waals surface area contributed by atoms with E-state index in [1.807, 2.05) is 67.6 Å². The number of nitrogens with zero attached hydrogens (tertiary/aromatic N) is 3. The summed E-state index contributed by atoms with van der Waals surface area (Å²) in [7, 11) is 0. The van der Waals surface area contributed by atoms with Crippen molar-refractivity contribution in [3.8, 4) is 0 Å². The quantitative estimate of drug-likeness (QED) is 0.442. The van der Waals surface area contributed by atoms with Crippen LogP contribution in [0.2, 0.25) is 0 Å². The smallest absolute Gasteiger partial charge is 0.184 e. The van der Waals surface area contributed by atoms with Crippen molar-refractivity contribution in [1.82, 2.24) is 0 Å². The van der Waals surface area contributed by atoms with Crippen molar-refractivity contribution < 1.29 is 18.9 Å². The van der Waals surface area contributed by atoms with Gasteiger partial charge in [-0.3, -0.25) is 0 Å². The summed E-state index contributed by atoms with van der Waals surface area (Å²) in [5, 5.41) is 3.96. The van der Waals surface area contributed by atoms with Crippen molar-refractivity contribution >= 4 is 0 Å². The summed E-state index contributed by atoms with van der Waals surface area (Å²) in [6, 6.07) is 19.2. The minimum Gasteiger partial charge on any atom is -0.370 e. The van der Waals surface area contributed by atoms with E-state index in [9.17, 15) is 0 Å². The number of ether oxygens (including phenoxy) is 4. The highest BCUT2D eigenvalue weighted by Crippen LogP contribution is 2.36. The maximum Gasteiger partial charge on any atom is 0.184 e. The Bertz CT molecular complexity index is 813. The Labute approximate surface area is 163 Å². The van der Waals surface area contributed by atoms with Crippen molar-refractivity contribution in [3.05, 3.63) is 82.2 Å². The van der Waals surface area contributed by atoms with E-state index in [1.54, 1.807) is 0 Å². The monoisotopic (exact) mass is 381 g/mol. The van der Waals surface area contributed by atoms with Gasteiger partial charge in [-0.25, -0.2) is 0 Å². The van der Waals surface area contributed by atoms with Crippen LogP contribution in [-0.2, 0) is 25.6 Å². The molecule has 4 rings (SSSR count). The minimum atomic E-state index is -0.506. The zero-order valence-electron chi connectivity index (χ0n) is 15.6. The maximum absolute atomic E-state index is 9.05. The molecule has 0 amide bonds. The first-order valence-electron chi connectivity index (χ1n) is 9.43. The van der Waals surface area contributed by atoms with Gasteiger partial charge in [-0.05, 0) is 18.0 Å². The third-order valence-corrected chi connectivity index (χ3v) is 5.13. The average Bonchev–Trinajstić information content (AvgIpc) is 2.75. The standard InChI is InChI=1S/C21H23N3O4/c1-14-18(23-24-22)20(25-12-15-8-4-2-5-9-15)19-17(27-14)13-26-21(28-19)16-10-6-3-7-11-16/h2-11,14,17-21H,12-13H2,1H3/t14-,17?,18?,19-,20+,21?/m0/s1. The second kappa shape index (κ2) is 8.73. The molecule has 28 heavy (non-hydrogen) atoms. The lowest BCUT2D eigenvalue weighted by atomic mass is 9.93. The van der Waals surface area contributed by atoms with Crippen LogP contribution in [0.25, 0.3) is 10.4 Å². The second-order valence-corrected chi connectivity index (χ2v) is 7.01. The maximum atomic E-state index is 9.05. The molecular formula is C21H23N3O4. The molecule has 2 heterocycles. The van der Waals surface area contributed by atoms with Gasteiger partial charge in [-0.15, -0.1) is 0 Å². The molecule has 2 aliphatic rings. The largest absolute Gasteiger partial charge is 0.370 e. The molecule has 3 unspecified atom stereocenters. The summed E-state index contributed by atoms with van der Waals surface area (Å²) < 4.78 is 24.4. The Morgan fingerprint density at radius 1 is 1.07 bits per heavy atom. The van der Waals surface area contributed by atoms with Gasteiger partial charge >= 0.3 is 0 Å². The van der Waals surface area contributed by atoms with E-state index in [-0.39, 0.29) is 12.2 Å². The van der Waals surface area contributed by atoms with Gasteiger partial charge in [-0.2, -0.15) is 0 Å². The molecule has 0 aromatic heterocycles. The van der Waals surface area contributed by atoms with Gasteiger partial charge in [0.25, 0.3) is 0 Å². The molecule has 0 saturated carbocycles. The molecule has 0 radical (unpaired) electrons. The van der Waals surface area contributed by atoms with Gasteiger partial charge in [0.2, 0.25) is 0 Å². The first kappa shape index (κ1) is 18.9. The fourth-order valence-electron chi connectivity index (χ4n) is 3.73. The lowest BCUT2D eigenvalue weighted by molar-refractivity contribution is -0.317. The molecule has 0 bridgehead atoms. The highest BCUT2D eigenvalue weighted by molar-refractivity contribution is 5.17. The van der Waals surface area contributed by atoms with E-state index in [0.717, 1.165) is 11.1 Å². The van der Waals surface area contributed by atoms with Crippen molar-refractivity contribution in [1.29, 1.82) is 0 Å². The van der Waals surface area contributed by atoms with Gasteiger partial charge in [-0.1, -0.05) is 65.8 Å². The molecule has 6 atom stereocenters. The fraction of sp³-hybridized carbons (Fsp3) is 0.429. The van der Waals surface area contributed by atoms with E-state index < -0.39 is 24.5 Å². The Hall–Kier alpha value is -2.41. The number of hydrogen-bond acceptors (Lipinski definition) is 5. The number of hydrogen-bond donors (Lipinski definition) is 0. The van der Waals surface area contributed by atoms with E-state index in [1.165, 1.54) is 0 Å². The van der Waals surface area contributed by atoms with Gasteiger partial charge in [0.05, 0.1) is 31.5 Å². The van der Waals surface area contributed by atoms with Crippen molar-refractivity contribution in [3.63, 3.8) is 0 Å². The molecule has 0 spiro atoms. The van der Waals surface area contributed by atoms with Crippen LogP contribution in [0.1, 0.15) is 24.3 Å². The molecule has 0 N–H and O–H groups in total. The van der Waals surface area contributed by atoms with E-state index >= 15 is 0 Å². The first-order valence-corrected chi connectivity index (χ1v) is 9.43. The third kappa shape index (κ3) is 4.04. The third-order valence-electron chi connectivity index (χ3n) is 5.13. The van der Waals surface area contributed by atoms with Crippen LogP contribution in [0.4, 0.5) is 0 Å². The molecule has 146 valence electrons. The zero-order chi connectivity index (χ0) is 19.3. The second-order valence-electron chi connectivity index (χ2n) is 7.01. The Morgan fingerprint density at radius 2 is 1.79 bits per heavy atom. The molecule has 0 aliphatic carbocycles. The topological polar surface area (TPSA) is 85.7 Å². The highest BCUT2D eigenvalue weighted by Gasteiger charge is 2.49. The molecule has 2 aromatic carbocycles. The Morgan fingerprint density at radius 3 is 2.50 bits per heavy atom. The SMILES string of the molecule is C[C@@H]1OC2COC(c3ccccc3)O[C@@H]2[C@H](OCc2ccccc2)C1N=[N+]=[N-]. The molecule has 2 saturated heterocycles. The number of azide groups is 1. The van der Waals surface area contributed by atoms with E-state index in [0.29, 0.717) is 13.2 Å². The van der Waals surface area contributed by atoms with Crippen molar-refractivity contribution in [2.45, 2.75) is 50.3 Å². The fourth-order valence-corrected chi connectivity index (χ4v) is 3.73. The molecule has 7 heteroatoms. The summed E-state index contributed by atoms with van der Waals surface area (Å²) in [6.45, 7) is 2.68. The predicted molar refractivity (Wildman–Crippen MR) is 102 cm³/mol. The minimum absolute atomic E-state index is 0.277. The normalized spacial score (nSPS) is 32.2. The van der Waals surface area contributed by atoms with Gasteiger partial charge in [0, 0.05) is 10.5 Å². The van der Waals surface area contributed by atoms with Gasteiger partial charge < -0.3 is 18.9 Å². The van der Waals surface area contributed by atoms with Crippen molar-refractivity contribution in [2.75, 3.05) is 6.61 Å². The zero-order valence-corrected chi connectivity index (χ0v) is 15.6. The molecular weight excluding hydrogens is 358 g/mol. The molecule has 2 fully saturated rings. The van der Waals surface area contributed by atoms with Crippen LogP contribution in [0.3, 0.4) is 0 Å². The van der Waals surface area contributed by atoms with E-state index in [4.69, 9.17) is 24.5 Å². The van der Waals surface area contributed by atoms with Crippen LogP contribution >= 0.6 is 0 Å². The van der Waals surface area contributed by atoms with Crippen LogP contribution in [0, 0.1) is 0 Å². The molecule has 7 nitrogen and oxygen atoms in total. The van der Waals surface area contributed by atoms with Crippen molar-refractivity contribution in [2.24, 2.45) is 5.11 Å². The van der Waals surface area contributed by atoms with Gasteiger partial charge in [0.15, 0.2) is 6.29 Å². The Balaban J connectivity index is 1.56. The lowest BCUT2D eigenvalue weighted by Gasteiger charge is -2.47. The predicted octanol–water partition coefficient (Wildman–Crippen LogP) is 4.15. The van der Waals surface area contributed by atoms with Crippen LogP contribution in [0.5, 0.6) is 0 Å². The lowest BCUT2D eigenvalue weighted by Crippen LogP contribution is -2.61. The summed E-state index contributed by atoms with van der Waals surface area (Å²) in [5.41, 5.74) is 11.0. The Kier molecular flexibility index (Phi) is 5.90. The number of fused-ring (bicyclic) bond motifs is 1. The van der Waals surface area contributed by atoms with Crippen LogP contribution in [0.15, 0.2) is 65.8 Å². The average molecular weight is 381 g/mol. The highest BCUT2D eigenvalue weighted by atomic mass is 16.7. The summed E-state index contributed by atoms with van der Waals surface area (Å²) in [4.78, 5) is 3.01. The van der Waals surface area contributed by atoms with E-state index in [2.05, 4.69) is 10.0 Å². The first-order chi connectivity index (χ1) is 13.8. The number of rotatable bonds is 5. The molecule has 2 aliphatic heterocycles. The van der Waals surface area contributed by atoms with Gasteiger partial charge in [0.1, 0.15) is 12.2 Å². The van der Waals surface area contributed by atoms with Crippen LogP contribution < -0.4 is 0 Å². The molecule has 2 aromatic rings.